The highest BCUT2D eigenvalue weighted by Gasteiger charge is 2.11. The standard InChI is InChI=1S/C9H14N4O/c10-5-8-6-12-9(7-11-8)13-1-3-14-4-2-13/h6-7H,1-5,10H2. The van der Waals surface area contributed by atoms with Crippen LogP contribution in [0.15, 0.2) is 12.4 Å². The summed E-state index contributed by atoms with van der Waals surface area (Å²) in [6, 6.07) is 0. The molecule has 1 aromatic rings. The molecule has 1 fully saturated rings. The van der Waals surface area contributed by atoms with Crippen molar-refractivity contribution in [1.82, 2.24) is 9.97 Å². The molecule has 2 heterocycles. The second-order valence-electron chi connectivity index (χ2n) is 3.17. The highest BCUT2D eigenvalue weighted by molar-refractivity contribution is 5.36. The van der Waals surface area contributed by atoms with Crippen molar-refractivity contribution >= 4 is 5.82 Å². The molecule has 1 aliphatic rings. The van der Waals surface area contributed by atoms with Crippen molar-refractivity contribution in [3.8, 4) is 0 Å². The van der Waals surface area contributed by atoms with Crippen LogP contribution in [0.5, 0.6) is 0 Å². The third-order valence-electron chi connectivity index (χ3n) is 2.24. The molecule has 0 radical (unpaired) electrons. The van der Waals surface area contributed by atoms with Crippen molar-refractivity contribution < 1.29 is 4.74 Å². The number of nitrogens with zero attached hydrogens (tertiary/aromatic N) is 3. The van der Waals surface area contributed by atoms with E-state index in [0.717, 1.165) is 37.8 Å². The Hall–Kier alpha value is -1.20. The SMILES string of the molecule is NCc1cnc(N2CCOCC2)cn1. The number of ether oxygens (including phenoxy) is 1. The summed E-state index contributed by atoms with van der Waals surface area (Å²) in [6.45, 7) is 3.74. The summed E-state index contributed by atoms with van der Waals surface area (Å²) in [5.41, 5.74) is 6.26. The van der Waals surface area contributed by atoms with Crippen LogP contribution in [0, 0.1) is 0 Å². The first kappa shape index (κ1) is 9.36. The van der Waals surface area contributed by atoms with E-state index in [1.54, 1.807) is 12.4 Å². The maximum Gasteiger partial charge on any atom is 0.147 e. The van der Waals surface area contributed by atoms with Crippen LogP contribution in [0.2, 0.25) is 0 Å². The van der Waals surface area contributed by atoms with Crippen LogP contribution in [0.25, 0.3) is 0 Å². The fraction of sp³-hybridized carbons (Fsp3) is 0.556. The molecule has 14 heavy (non-hydrogen) atoms. The minimum Gasteiger partial charge on any atom is -0.378 e. The molecule has 0 aliphatic carbocycles. The molecule has 0 bridgehead atoms. The second kappa shape index (κ2) is 4.34. The molecule has 76 valence electrons. The summed E-state index contributed by atoms with van der Waals surface area (Å²) in [7, 11) is 0. The van der Waals surface area contributed by atoms with Gasteiger partial charge in [-0.1, -0.05) is 0 Å². The fourth-order valence-electron chi connectivity index (χ4n) is 1.41. The van der Waals surface area contributed by atoms with Crippen LogP contribution in [0.1, 0.15) is 5.69 Å². The summed E-state index contributed by atoms with van der Waals surface area (Å²) in [5, 5.41) is 0. The number of anilines is 1. The van der Waals surface area contributed by atoms with E-state index in [-0.39, 0.29) is 0 Å². The molecular weight excluding hydrogens is 180 g/mol. The number of hydrogen-bond acceptors (Lipinski definition) is 5. The van der Waals surface area contributed by atoms with Crippen LogP contribution in [0.3, 0.4) is 0 Å². The van der Waals surface area contributed by atoms with Crippen molar-refractivity contribution in [3.63, 3.8) is 0 Å². The van der Waals surface area contributed by atoms with Crippen molar-refractivity contribution in [2.45, 2.75) is 6.54 Å². The Labute approximate surface area is 82.9 Å². The molecule has 1 aromatic heterocycles. The van der Waals surface area contributed by atoms with Gasteiger partial charge in [-0.15, -0.1) is 0 Å². The van der Waals surface area contributed by atoms with Crippen LogP contribution in [-0.2, 0) is 11.3 Å². The Morgan fingerprint density at radius 1 is 1.29 bits per heavy atom. The molecule has 0 amide bonds. The molecule has 1 saturated heterocycles. The van der Waals surface area contributed by atoms with Crippen molar-refractivity contribution in [2.75, 3.05) is 31.2 Å². The highest BCUT2D eigenvalue weighted by atomic mass is 16.5. The highest BCUT2D eigenvalue weighted by Crippen LogP contribution is 2.10. The van der Waals surface area contributed by atoms with Gasteiger partial charge in [-0.25, -0.2) is 4.98 Å². The Morgan fingerprint density at radius 3 is 2.64 bits per heavy atom. The third kappa shape index (κ3) is 2.00. The van der Waals surface area contributed by atoms with E-state index >= 15 is 0 Å². The average molecular weight is 194 g/mol. The normalized spacial score (nSPS) is 17.1. The van der Waals surface area contributed by atoms with Crippen LogP contribution in [0.4, 0.5) is 5.82 Å². The molecular formula is C9H14N4O. The summed E-state index contributed by atoms with van der Waals surface area (Å²) in [4.78, 5) is 10.7. The smallest absolute Gasteiger partial charge is 0.147 e. The van der Waals surface area contributed by atoms with Gasteiger partial charge < -0.3 is 15.4 Å². The Bertz CT molecular complexity index is 281. The van der Waals surface area contributed by atoms with E-state index in [1.807, 2.05) is 0 Å². The number of hydrogen-bond donors (Lipinski definition) is 1. The summed E-state index contributed by atoms with van der Waals surface area (Å²) in [5.74, 6) is 0.908. The van der Waals surface area contributed by atoms with Gasteiger partial charge in [0, 0.05) is 19.6 Å². The second-order valence-corrected chi connectivity index (χ2v) is 3.17. The Kier molecular flexibility index (Phi) is 2.90. The quantitative estimate of drug-likeness (QED) is 0.704. The predicted octanol–water partition coefficient (Wildman–Crippen LogP) is -0.228. The minimum absolute atomic E-state index is 0.441. The summed E-state index contributed by atoms with van der Waals surface area (Å²) < 4.78 is 5.26. The monoisotopic (exact) mass is 194 g/mol. The maximum atomic E-state index is 5.44. The summed E-state index contributed by atoms with van der Waals surface area (Å²) in [6.07, 6.45) is 3.50. The van der Waals surface area contributed by atoms with Gasteiger partial charge in [0.2, 0.25) is 0 Å². The minimum atomic E-state index is 0.441. The molecule has 0 saturated carbocycles. The summed E-state index contributed by atoms with van der Waals surface area (Å²) >= 11 is 0. The van der Waals surface area contributed by atoms with E-state index in [2.05, 4.69) is 14.9 Å². The van der Waals surface area contributed by atoms with Crippen LogP contribution < -0.4 is 10.6 Å². The predicted molar refractivity (Wildman–Crippen MR) is 53.0 cm³/mol. The molecule has 1 aliphatic heterocycles. The lowest BCUT2D eigenvalue weighted by Gasteiger charge is -2.27. The van der Waals surface area contributed by atoms with Gasteiger partial charge in [0.05, 0.1) is 31.3 Å². The Morgan fingerprint density at radius 2 is 2.07 bits per heavy atom. The molecule has 5 heteroatoms. The lowest BCUT2D eigenvalue weighted by Crippen LogP contribution is -2.36. The molecule has 2 rings (SSSR count). The first-order valence-electron chi connectivity index (χ1n) is 4.74. The van der Waals surface area contributed by atoms with Gasteiger partial charge in [-0.05, 0) is 0 Å². The number of rotatable bonds is 2. The van der Waals surface area contributed by atoms with E-state index < -0.39 is 0 Å². The largest absolute Gasteiger partial charge is 0.378 e. The zero-order valence-corrected chi connectivity index (χ0v) is 8.02. The number of morpholine rings is 1. The average Bonchev–Trinajstić information content (AvgIpc) is 2.30. The van der Waals surface area contributed by atoms with Gasteiger partial charge in [-0.3, -0.25) is 4.98 Å². The van der Waals surface area contributed by atoms with Gasteiger partial charge in [0.1, 0.15) is 5.82 Å². The van der Waals surface area contributed by atoms with E-state index in [9.17, 15) is 0 Å². The fourth-order valence-corrected chi connectivity index (χ4v) is 1.41. The molecule has 5 nitrogen and oxygen atoms in total. The molecule has 0 aromatic carbocycles. The van der Waals surface area contributed by atoms with Crippen molar-refractivity contribution in [2.24, 2.45) is 5.73 Å². The lowest BCUT2D eigenvalue weighted by molar-refractivity contribution is 0.122. The molecule has 0 unspecified atom stereocenters. The molecule has 0 atom stereocenters. The third-order valence-corrected chi connectivity index (χ3v) is 2.24. The van der Waals surface area contributed by atoms with Gasteiger partial charge >= 0.3 is 0 Å². The van der Waals surface area contributed by atoms with Gasteiger partial charge in [0.25, 0.3) is 0 Å². The van der Waals surface area contributed by atoms with Crippen LogP contribution in [-0.4, -0.2) is 36.3 Å². The van der Waals surface area contributed by atoms with Gasteiger partial charge in [-0.2, -0.15) is 0 Å². The van der Waals surface area contributed by atoms with E-state index in [1.165, 1.54) is 0 Å². The zero-order chi connectivity index (χ0) is 9.80. The van der Waals surface area contributed by atoms with Crippen molar-refractivity contribution in [1.29, 1.82) is 0 Å². The number of aromatic nitrogens is 2. The van der Waals surface area contributed by atoms with Crippen LogP contribution >= 0.6 is 0 Å². The first-order chi connectivity index (χ1) is 6.90. The Balaban J connectivity index is 2.07. The first-order valence-corrected chi connectivity index (χ1v) is 4.74. The van der Waals surface area contributed by atoms with Gasteiger partial charge in [0.15, 0.2) is 0 Å². The van der Waals surface area contributed by atoms with E-state index in [4.69, 9.17) is 10.5 Å². The maximum absolute atomic E-state index is 5.44. The molecule has 2 N–H and O–H groups in total. The number of nitrogens with two attached hydrogens (primary N) is 1. The van der Waals surface area contributed by atoms with E-state index in [0.29, 0.717) is 6.54 Å². The molecule has 0 spiro atoms. The topological polar surface area (TPSA) is 64.3 Å². The van der Waals surface area contributed by atoms with Crippen molar-refractivity contribution in [3.05, 3.63) is 18.1 Å². The zero-order valence-electron chi connectivity index (χ0n) is 8.02. The lowest BCUT2D eigenvalue weighted by atomic mass is 10.4.